The van der Waals surface area contributed by atoms with Crippen molar-refractivity contribution in [2.45, 2.75) is 65.6 Å². The second-order valence-corrected chi connectivity index (χ2v) is 12.2. The molecule has 3 N–H and O–H groups in total. The van der Waals surface area contributed by atoms with Crippen LogP contribution in [-0.2, 0) is 22.6 Å². The van der Waals surface area contributed by atoms with Gasteiger partial charge in [-0.3, -0.25) is 14.4 Å². The second kappa shape index (κ2) is 14.8. The summed E-state index contributed by atoms with van der Waals surface area (Å²) in [5, 5.41) is 9.39. The number of aryl methyl sites for hydroxylation is 2. The Kier molecular flexibility index (Phi) is 10.6. The standard InChI is InChI=1S/C37H45N5O6/c1-8-21(2)34(37(45)38-17-18-42-22(3)39-28-11-9-10-12-30(28)42)41-29-16-14-25-26(20-31(29)44)27(40-23(4)43)15-13-24-19-32(46-5)35(47-6)36(48-7)33(24)25/h9-12,14,16,19-21,27,34H,8,13,15,17-18H2,1-7H3,(H,38,45)(H,40,43)(H,41,44)/t21-,27+,34+/m1/s1. The molecule has 0 unspecified atom stereocenters. The van der Waals surface area contributed by atoms with E-state index in [4.69, 9.17) is 14.2 Å². The Labute approximate surface area is 281 Å². The maximum atomic E-state index is 13.9. The molecule has 5 rings (SSSR count). The SMILES string of the molecule is CC[C@@H](C)[C@H](Nc1ccc2c(cc1=O)[C@@H](NC(C)=O)CCc1cc(OC)c(OC)c(OC)c1-2)C(=O)NCCn1c(C)nc2ccccc21. The predicted molar refractivity (Wildman–Crippen MR) is 187 cm³/mol. The van der Waals surface area contributed by atoms with Gasteiger partial charge in [0.1, 0.15) is 11.9 Å². The van der Waals surface area contributed by atoms with Gasteiger partial charge in [-0.2, -0.15) is 0 Å². The van der Waals surface area contributed by atoms with Crippen molar-refractivity contribution in [2.24, 2.45) is 5.92 Å². The molecule has 1 aliphatic rings. The number of hydrogen-bond donors (Lipinski definition) is 3. The van der Waals surface area contributed by atoms with Gasteiger partial charge >= 0.3 is 0 Å². The van der Waals surface area contributed by atoms with Crippen molar-refractivity contribution in [3.8, 4) is 28.4 Å². The number of rotatable bonds is 12. The number of ether oxygens (including phenoxy) is 3. The first-order valence-electron chi connectivity index (χ1n) is 16.3. The number of amides is 2. The van der Waals surface area contributed by atoms with E-state index in [1.54, 1.807) is 33.5 Å². The fourth-order valence-corrected chi connectivity index (χ4v) is 6.58. The minimum absolute atomic E-state index is 0.0757. The van der Waals surface area contributed by atoms with Crippen molar-refractivity contribution >= 4 is 28.5 Å². The number of para-hydroxylation sites is 2. The largest absolute Gasteiger partial charge is 0.493 e. The van der Waals surface area contributed by atoms with Crippen molar-refractivity contribution in [3.63, 3.8) is 0 Å². The molecule has 0 saturated carbocycles. The van der Waals surface area contributed by atoms with Crippen LogP contribution in [0.4, 0.5) is 5.69 Å². The Balaban J connectivity index is 1.50. The van der Waals surface area contributed by atoms with Crippen molar-refractivity contribution in [3.05, 3.63) is 75.7 Å². The van der Waals surface area contributed by atoms with Crippen LogP contribution in [0.2, 0.25) is 0 Å². The molecule has 11 nitrogen and oxygen atoms in total. The molecular formula is C37H45N5O6. The lowest BCUT2D eigenvalue weighted by Gasteiger charge is -2.24. The van der Waals surface area contributed by atoms with E-state index in [-0.39, 0.29) is 28.8 Å². The van der Waals surface area contributed by atoms with E-state index in [1.165, 1.54) is 6.92 Å². The van der Waals surface area contributed by atoms with Crippen LogP contribution in [0.1, 0.15) is 56.6 Å². The summed E-state index contributed by atoms with van der Waals surface area (Å²) in [4.78, 5) is 44.5. The van der Waals surface area contributed by atoms with Crippen LogP contribution >= 0.6 is 0 Å². The minimum atomic E-state index is -0.664. The fourth-order valence-electron chi connectivity index (χ4n) is 6.58. The van der Waals surface area contributed by atoms with Crippen LogP contribution in [0.25, 0.3) is 22.2 Å². The molecule has 3 atom stereocenters. The van der Waals surface area contributed by atoms with Gasteiger partial charge in [0, 0.05) is 25.6 Å². The number of carbonyl (C=O) groups excluding carboxylic acids is 2. The summed E-state index contributed by atoms with van der Waals surface area (Å²) >= 11 is 0. The number of methoxy groups -OCH3 is 3. The molecule has 1 aliphatic carbocycles. The molecule has 1 heterocycles. The lowest BCUT2D eigenvalue weighted by Crippen LogP contribution is -2.45. The minimum Gasteiger partial charge on any atom is -0.493 e. The summed E-state index contributed by atoms with van der Waals surface area (Å²) in [6.45, 7) is 8.38. The van der Waals surface area contributed by atoms with Crippen LogP contribution in [0, 0.1) is 12.8 Å². The number of aromatic nitrogens is 2. The summed E-state index contributed by atoms with van der Waals surface area (Å²) < 4.78 is 19.3. The molecule has 0 spiro atoms. The lowest BCUT2D eigenvalue weighted by molar-refractivity contribution is -0.123. The average molecular weight is 656 g/mol. The van der Waals surface area contributed by atoms with Gasteiger partial charge in [-0.05, 0) is 72.7 Å². The summed E-state index contributed by atoms with van der Waals surface area (Å²) in [5.41, 5.74) is 4.98. The number of benzene rings is 2. The zero-order valence-electron chi connectivity index (χ0n) is 28.7. The topological polar surface area (TPSA) is 133 Å². The highest BCUT2D eigenvalue weighted by molar-refractivity contribution is 5.86. The molecule has 0 aliphatic heterocycles. The third-order valence-corrected chi connectivity index (χ3v) is 9.20. The van der Waals surface area contributed by atoms with Gasteiger partial charge in [-0.15, -0.1) is 0 Å². The van der Waals surface area contributed by atoms with Gasteiger partial charge in [-0.1, -0.05) is 38.5 Å². The van der Waals surface area contributed by atoms with Gasteiger partial charge in [-0.25, -0.2) is 4.98 Å². The number of anilines is 1. The van der Waals surface area contributed by atoms with Crippen LogP contribution in [0.3, 0.4) is 0 Å². The summed E-state index contributed by atoms with van der Waals surface area (Å²) in [6, 6.07) is 13.9. The van der Waals surface area contributed by atoms with Gasteiger partial charge in [0.15, 0.2) is 11.5 Å². The second-order valence-electron chi connectivity index (χ2n) is 12.2. The molecule has 0 bridgehead atoms. The Bertz CT molecular complexity index is 1890. The van der Waals surface area contributed by atoms with E-state index in [0.717, 1.165) is 40.0 Å². The molecule has 48 heavy (non-hydrogen) atoms. The van der Waals surface area contributed by atoms with E-state index in [1.807, 2.05) is 57.2 Å². The highest BCUT2D eigenvalue weighted by atomic mass is 16.5. The first-order valence-corrected chi connectivity index (χ1v) is 16.3. The highest BCUT2D eigenvalue weighted by Gasteiger charge is 2.30. The van der Waals surface area contributed by atoms with E-state index >= 15 is 0 Å². The summed E-state index contributed by atoms with van der Waals surface area (Å²) in [6.07, 6.45) is 1.87. The normalized spacial score (nSPS) is 14.9. The molecule has 0 saturated heterocycles. The quantitative estimate of drug-likeness (QED) is 0.191. The molecule has 11 heteroatoms. The number of nitrogens with one attached hydrogen (secondary N) is 3. The van der Waals surface area contributed by atoms with Crippen LogP contribution in [0.15, 0.2) is 53.3 Å². The van der Waals surface area contributed by atoms with Crippen LogP contribution < -0.4 is 35.6 Å². The average Bonchev–Trinajstić information content (AvgIpc) is 3.21. The molecule has 3 aromatic carbocycles. The Morgan fingerprint density at radius 2 is 1.79 bits per heavy atom. The Morgan fingerprint density at radius 1 is 1.04 bits per heavy atom. The zero-order chi connectivity index (χ0) is 34.5. The van der Waals surface area contributed by atoms with E-state index in [2.05, 4.69) is 25.5 Å². The molecule has 0 radical (unpaired) electrons. The number of hydrogen-bond acceptors (Lipinski definition) is 8. The third kappa shape index (κ3) is 6.81. The fraction of sp³-hybridized carbons (Fsp3) is 0.405. The molecule has 254 valence electrons. The van der Waals surface area contributed by atoms with Gasteiger partial charge in [0.25, 0.3) is 0 Å². The van der Waals surface area contributed by atoms with Crippen LogP contribution in [0.5, 0.6) is 17.2 Å². The van der Waals surface area contributed by atoms with Crippen molar-refractivity contribution in [2.75, 3.05) is 33.2 Å². The molecule has 0 fully saturated rings. The smallest absolute Gasteiger partial charge is 0.242 e. The van der Waals surface area contributed by atoms with Crippen molar-refractivity contribution < 1.29 is 23.8 Å². The first-order chi connectivity index (χ1) is 23.1. The summed E-state index contributed by atoms with van der Waals surface area (Å²) in [7, 11) is 4.68. The highest BCUT2D eigenvalue weighted by Crippen LogP contribution is 2.50. The molecule has 4 aromatic rings. The van der Waals surface area contributed by atoms with Gasteiger partial charge in [0.2, 0.25) is 23.0 Å². The lowest BCUT2D eigenvalue weighted by atomic mass is 9.95. The predicted octanol–water partition coefficient (Wildman–Crippen LogP) is 5.16. The first kappa shape index (κ1) is 34.3. The Hall–Kier alpha value is -5.06. The van der Waals surface area contributed by atoms with E-state index in [9.17, 15) is 14.4 Å². The third-order valence-electron chi connectivity index (χ3n) is 9.20. The van der Waals surface area contributed by atoms with Crippen molar-refractivity contribution in [1.82, 2.24) is 20.2 Å². The maximum Gasteiger partial charge on any atom is 0.242 e. The summed E-state index contributed by atoms with van der Waals surface area (Å²) in [5.74, 6) is 1.83. The molecule has 1 aromatic heterocycles. The number of fused-ring (bicyclic) bond motifs is 4. The zero-order valence-corrected chi connectivity index (χ0v) is 28.7. The van der Waals surface area contributed by atoms with Gasteiger partial charge in [0.05, 0.1) is 44.1 Å². The molecule has 2 amide bonds. The van der Waals surface area contributed by atoms with E-state index in [0.29, 0.717) is 48.7 Å². The van der Waals surface area contributed by atoms with Crippen LogP contribution in [-0.4, -0.2) is 55.3 Å². The molecular weight excluding hydrogens is 610 g/mol. The maximum absolute atomic E-state index is 13.9. The Morgan fingerprint density at radius 3 is 2.48 bits per heavy atom. The monoisotopic (exact) mass is 655 g/mol. The van der Waals surface area contributed by atoms with E-state index < -0.39 is 12.1 Å². The number of carbonyl (C=O) groups is 2. The van der Waals surface area contributed by atoms with Gasteiger partial charge < -0.3 is 34.7 Å². The number of imidazole rings is 1. The number of nitrogens with zero attached hydrogens (tertiary/aromatic N) is 2. The van der Waals surface area contributed by atoms with Crippen molar-refractivity contribution in [1.29, 1.82) is 0 Å².